The summed E-state index contributed by atoms with van der Waals surface area (Å²) in [6.45, 7) is 0. The zero-order valence-electron chi connectivity index (χ0n) is 11.1. The third-order valence-corrected chi connectivity index (χ3v) is 4.15. The van der Waals surface area contributed by atoms with Crippen molar-refractivity contribution in [1.82, 2.24) is 9.97 Å². The van der Waals surface area contributed by atoms with Crippen molar-refractivity contribution in [2.75, 3.05) is 18.7 Å². The van der Waals surface area contributed by atoms with Gasteiger partial charge in [-0.15, -0.1) is 0 Å². The molecule has 0 spiro atoms. The zero-order chi connectivity index (χ0) is 15.6. The standard InChI is InChI=1S/C12H11Cl2N3O3S/c1-20-7-3-4-9(10(5-7)21(2,18)19)16-11-8(13)6-15-12(14)17-11/h3-6H,1-2H3,(H,15,16,17). The summed E-state index contributed by atoms with van der Waals surface area (Å²) < 4.78 is 28.8. The van der Waals surface area contributed by atoms with Gasteiger partial charge in [0, 0.05) is 12.3 Å². The molecule has 0 amide bonds. The maximum atomic E-state index is 11.9. The number of anilines is 2. The number of hydrogen-bond acceptors (Lipinski definition) is 6. The van der Waals surface area contributed by atoms with E-state index in [-0.39, 0.29) is 21.0 Å². The van der Waals surface area contributed by atoms with Crippen molar-refractivity contribution in [2.45, 2.75) is 4.90 Å². The molecule has 21 heavy (non-hydrogen) atoms. The second-order valence-corrected chi connectivity index (χ2v) is 6.82. The molecule has 1 N–H and O–H groups in total. The molecule has 2 aromatic rings. The maximum absolute atomic E-state index is 11.9. The highest BCUT2D eigenvalue weighted by atomic mass is 35.5. The number of nitrogens with zero attached hydrogens (tertiary/aromatic N) is 2. The topological polar surface area (TPSA) is 81.2 Å². The molecule has 0 atom stereocenters. The van der Waals surface area contributed by atoms with E-state index < -0.39 is 9.84 Å². The molecule has 0 unspecified atom stereocenters. The fourth-order valence-electron chi connectivity index (χ4n) is 1.60. The van der Waals surface area contributed by atoms with Gasteiger partial charge in [0.2, 0.25) is 5.28 Å². The first-order valence-corrected chi connectivity index (χ1v) is 8.29. The summed E-state index contributed by atoms with van der Waals surface area (Å²) in [7, 11) is -2.02. The molecular weight excluding hydrogens is 337 g/mol. The molecule has 1 aromatic carbocycles. The summed E-state index contributed by atoms with van der Waals surface area (Å²) in [5.74, 6) is 0.638. The van der Waals surface area contributed by atoms with Gasteiger partial charge in [0.05, 0.1) is 23.9 Å². The van der Waals surface area contributed by atoms with Crippen LogP contribution in [0, 0.1) is 0 Å². The van der Waals surface area contributed by atoms with Gasteiger partial charge in [-0.1, -0.05) is 11.6 Å². The van der Waals surface area contributed by atoms with Crippen LogP contribution < -0.4 is 10.1 Å². The second-order valence-electron chi connectivity index (χ2n) is 4.09. The average molecular weight is 348 g/mol. The van der Waals surface area contributed by atoms with Gasteiger partial charge in [-0.05, 0) is 23.7 Å². The molecule has 0 aliphatic rings. The van der Waals surface area contributed by atoms with Crippen molar-refractivity contribution in [1.29, 1.82) is 0 Å². The summed E-state index contributed by atoms with van der Waals surface area (Å²) in [6.07, 6.45) is 2.42. The Balaban J connectivity index is 2.51. The van der Waals surface area contributed by atoms with Gasteiger partial charge in [-0.2, -0.15) is 4.98 Å². The summed E-state index contributed by atoms with van der Waals surface area (Å²) in [4.78, 5) is 7.71. The number of benzene rings is 1. The summed E-state index contributed by atoms with van der Waals surface area (Å²) in [5, 5.41) is 3.05. The lowest BCUT2D eigenvalue weighted by Gasteiger charge is -2.12. The van der Waals surface area contributed by atoms with E-state index in [9.17, 15) is 8.42 Å². The lowest BCUT2D eigenvalue weighted by molar-refractivity contribution is 0.413. The van der Waals surface area contributed by atoms with Crippen LogP contribution in [0.4, 0.5) is 11.5 Å². The van der Waals surface area contributed by atoms with E-state index in [0.29, 0.717) is 11.4 Å². The Bertz CT molecular complexity index is 781. The van der Waals surface area contributed by atoms with Gasteiger partial charge in [-0.3, -0.25) is 0 Å². The van der Waals surface area contributed by atoms with E-state index in [1.165, 1.54) is 19.4 Å². The third kappa shape index (κ3) is 3.75. The van der Waals surface area contributed by atoms with Crippen LogP contribution in [0.25, 0.3) is 0 Å². The van der Waals surface area contributed by atoms with Crippen LogP contribution in [-0.2, 0) is 9.84 Å². The van der Waals surface area contributed by atoms with E-state index in [1.54, 1.807) is 12.1 Å². The molecule has 0 saturated heterocycles. The molecule has 112 valence electrons. The average Bonchev–Trinajstić information content (AvgIpc) is 2.42. The number of ether oxygens (including phenoxy) is 1. The number of sulfone groups is 1. The van der Waals surface area contributed by atoms with Crippen molar-refractivity contribution >= 4 is 44.5 Å². The first-order valence-electron chi connectivity index (χ1n) is 5.64. The number of methoxy groups -OCH3 is 1. The van der Waals surface area contributed by atoms with Gasteiger partial charge in [0.1, 0.15) is 10.8 Å². The van der Waals surface area contributed by atoms with Crippen molar-refractivity contribution in [3.8, 4) is 5.75 Å². The largest absolute Gasteiger partial charge is 0.497 e. The summed E-state index contributed by atoms with van der Waals surface area (Å²) in [5.41, 5.74) is 0.315. The fourth-order valence-corrected chi connectivity index (χ4v) is 2.72. The van der Waals surface area contributed by atoms with E-state index in [2.05, 4.69) is 15.3 Å². The Labute approximate surface area is 132 Å². The van der Waals surface area contributed by atoms with Crippen LogP contribution in [0.1, 0.15) is 0 Å². The number of nitrogens with one attached hydrogen (secondary N) is 1. The molecule has 0 radical (unpaired) electrons. The van der Waals surface area contributed by atoms with Crippen LogP contribution in [0.3, 0.4) is 0 Å². The van der Waals surface area contributed by atoms with E-state index in [4.69, 9.17) is 27.9 Å². The van der Waals surface area contributed by atoms with E-state index in [0.717, 1.165) is 6.26 Å². The Morgan fingerprint density at radius 3 is 2.62 bits per heavy atom. The van der Waals surface area contributed by atoms with E-state index in [1.807, 2.05) is 0 Å². The van der Waals surface area contributed by atoms with Gasteiger partial charge in [0.15, 0.2) is 15.7 Å². The first kappa shape index (κ1) is 15.8. The molecule has 0 saturated carbocycles. The number of aromatic nitrogens is 2. The summed E-state index contributed by atoms with van der Waals surface area (Å²) >= 11 is 11.7. The molecule has 0 bridgehead atoms. The van der Waals surface area contributed by atoms with Crippen molar-refractivity contribution in [2.24, 2.45) is 0 Å². The van der Waals surface area contributed by atoms with E-state index >= 15 is 0 Å². The number of hydrogen-bond donors (Lipinski definition) is 1. The molecule has 9 heteroatoms. The van der Waals surface area contributed by atoms with Crippen LogP contribution >= 0.6 is 23.2 Å². The Kier molecular flexibility index (Phi) is 4.55. The minimum absolute atomic E-state index is 0.00341. The molecule has 0 aliphatic carbocycles. The predicted molar refractivity (Wildman–Crippen MR) is 81.4 cm³/mol. The van der Waals surface area contributed by atoms with Crippen molar-refractivity contribution in [3.63, 3.8) is 0 Å². The predicted octanol–water partition coefficient (Wildman–Crippen LogP) is 2.94. The van der Waals surface area contributed by atoms with Gasteiger partial charge in [-0.25, -0.2) is 13.4 Å². The molecule has 1 heterocycles. The van der Waals surface area contributed by atoms with Gasteiger partial charge in [0.25, 0.3) is 0 Å². The zero-order valence-corrected chi connectivity index (χ0v) is 13.4. The third-order valence-electron chi connectivity index (χ3n) is 2.56. The fraction of sp³-hybridized carbons (Fsp3) is 0.167. The minimum atomic E-state index is -3.47. The SMILES string of the molecule is COc1ccc(Nc2nc(Cl)ncc2Cl)c(S(C)(=O)=O)c1. The highest BCUT2D eigenvalue weighted by Gasteiger charge is 2.16. The minimum Gasteiger partial charge on any atom is -0.497 e. The smallest absolute Gasteiger partial charge is 0.224 e. The van der Waals surface area contributed by atoms with Crippen LogP contribution in [0.15, 0.2) is 29.3 Å². The second kappa shape index (κ2) is 6.05. The quantitative estimate of drug-likeness (QED) is 0.856. The highest BCUT2D eigenvalue weighted by molar-refractivity contribution is 7.90. The highest BCUT2D eigenvalue weighted by Crippen LogP contribution is 2.30. The Morgan fingerprint density at radius 1 is 1.29 bits per heavy atom. The Morgan fingerprint density at radius 2 is 2.00 bits per heavy atom. The monoisotopic (exact) mass is 347 g/mol. The first-order chi connectivity index (χ1) is 9.81. The molecule has 0 aliphatic heterocycles. The number of rotatable bonds is 4. The van der Waals surface area contributed by atoms with Crippen molar-refractivity contribution in [3.05, 3.63) is 34.7 Å². The Hall–Kier alpha value is -1.57. The van der Waals surface area contributed by atoms with Crippen LogP contribution in [-0.4, -0.2) is 31.8 Å². The molecule has 2 rings (SSSR count). The molecule has 6 nitrogen and oxygen atoms in total. The molecular formula is C12H11Cl2N3O3S. The van der Waals surface area contributed by atoms with Gasteiger partial charge < -0.3 is 10.1 Å². The number of halogens is 2. The molecule has 1 aromatic heterocycles. The molecule has 0 fully saturated rings. The lowest BCUT2D eigenvalue weighted by atomic mass is 10.3. The maximum Gasteiger partial charge on any atom is 0.224 e. The van der Waals surface area contributed by atoms with Gasteiger partial charge >= 0.3 is 0 Å². The van der Waals surface area contributed by atoms with Crippen LogP contribution in [0.2, 0.25) is 10.3 Å². The lowest BCUT2D eigenvalue weighted by Crippen LogP contribution is -2.05. The van der Waals surface area contributed by atoms with Crippen molar-refractivity contribution < 1.29 is 13.2 Å². The normalized spacial score (nSPS) is 11.2. The van der Waals surface area contributed by atoms with Crippen LogP contribution in [0.5, 0.6) is 5.75 Å². The summed E-state index contributed by atoms with van der Waals surface area (Å²) in [6, 6.07) is 4.59.